The first-order chi connectivity index (χ1) is 10.2. The monoisotopic (exact) mass is 305 g/mol. The van der Waals surface area contributed by atoms with E-state index in [0.29, 0.717) is 19.8 Å². The van der Waals surface area contributed by atoms with Crippen molar-refractivity contribution in [3.8, 4) is 5.75 Å². The molecular formula is C16H16FNO2S. The van der Waals surface area contributed by atoms with Crippen LogP contribution >= 0.6 is 12.2 Å². The Morgan fingerprint density at radius 1 is 1.10 bits per heavy atom. The third kappa shape index (κ3) is 4.81. The minimum absolute atomic E-state index is 0.0433. The number of hydrogen-bond acceptors (Lipinski definition) is 3. The maximum atomic E-state index is 13.4. The number of hydrogen-bond donors (Lipinski definition) is 1. The second-order valence-corrected chi connectivity index (χ2v) is 4.83. The zero-order valence-electron chi connectivity index (χ0n) is 11.4. The van der Waals surface area contributed by atoms with E-state index < -0.39 is 5.82 Å². The van der Waals surface area contributed by atoms with Gasteiger partial charge in [0.1, 0.15) is 23.2 Å². The minimum atomic E-state index is -0.418. The molecule has 0 radical (unpaired) electrons. The number of thiocarbonyl (C=S) groups is 1. The highest BCUT2D eigenvalue weighted by atomic mass is 32.1. The predicted octanol–water partition coefficient (Wildman–Crippen LogP) is 3.06. The Kier molecular flexibility index (Phi) is 5.66. The lowest BCUT2D eigenvalue weighted by atomic mass is 10.1. The summed E-state index contributed by atoms with van der Waals surface area (Å²) < 4.78 is 24.4. The lowest BCUT2D eigenvalue weighted by molar-refractivity contribution is 0.0889. The third-order valence-corrected chi connectivity index (χ3v) is 3.02. The van der Waals surface area contributed by atoms with Crippen LogP contribution < -0.4 is 10.5 Å². The van der Waals surface area contributed by atoms with Gasteiger partial charge in [-0.2, -0.15) is 0 Å². The number of ether oxygens (including phenoxy) is 2. The van der Waals surface area contributed by atoms with Crippen molar-refractivity contribution in [2.45, 2.75) is 6.61 Å². The molecule has 0 spiro atoms. The van der Waals surface area contributed by atoms with Gasteiger partial charge in [-0.1, -0.05) is 36.5 Å². The number of para-hydroxylation sites is 1. The van der Waals surface area contributed by atoms with E-state index in [4.69, 9.17) is 27.4 Å². The summed E-state index contributed by atoms with van der Waals surface area (Å²) in [6, 6.07) is 14.1. The topological polar surface area (TPSA) is 44.5 Å². The van der Waals surface area contributed by atoms with Gasteiger partial charge in [-0.25, -0.2) is 4.39 Å². The fraction of sp³-hybridized carbons (Fsp3) is 0.188. The Hall–Kier alpha value is -1.98. The second-order valence-electron chi connectivity index (χ2n) is 4.39. The van der Waals surface area contributed by atoms with Crippen molar-refractivity contribution in [3.05, 3.63) is 65.5 Å². The van der Waals surface area contributed by atoms with E-state index in [2.05, 4.69) is 0 Å². The maximum absolute atomic E-state index is 13.4. The van der Waals surface area contributed by atoms with Crippen LogP contribution in [0.25, 0.3) is 0 Å². The molecule has 2 N–H and O–H groups in total. The van der Waals surface area contributed by atoms with Crippen molar-refractivity contribution in [2.75, 3.05) is 13.2 Å². The zero-order valence-corrected chi connectivity index (χ0v) is 12.2. The number of halogens is 1. The molecule has 2 aromatic rings. The summed E-state index contributed by atoms with van der Waals surface area (Å²) in [6.07, 6.45) is 0. The molecule has 0 aliphatic carbocycles. The highest BCUT2D eigenvalue weighted by Gasteiger charge is 2.06. The molecule has 0 fully saturated rings. The molecule has 0 amide bonds. The van der Waals surface area contributed by atoms with Gasteiger partial charge in [0, 0.05) is 5.56 Å². The summed E-state index contributed by atoms with van der Waals surface area (Å²) >= 11 is 4.79. The van der Waals surface area contributed by atoms with Crippen molar-refractivity contribution < 1.29 is 13.9 Å². The summed E-state index contributed by atoms with van der Waals surface area (Å²) in [5.74, 6) is 0.386. The molecule has 0 saturated carbocycles. The molecule has 5 heteroatoms. The lowest BCUT2D eigenvalue weighted by Crippen LogP contribution is -2.12. The molecular weight excluding hydrogens is 289 g/mol. The molecule has 0 bridgehead atoms. The van der Waals surface area contributed by atoms with Crippen LogP contribution in [0.3, 0.4) is 0 Å². The largest absolute Gasteiger partial charge is 0.491 e. The quantitative estimate of drug-likeness (QED) is 0.631. The van der Waals surface area contributed by atoms with Gasteiger partial charge in [0.25, 0.3) is 0 Å². The van der Waals surface area contributed by atoms with E-state index in [1.807, 2.05) is 30.3 Å². The number of nitrogens with two attached hydrogens (primary N) is 1. The summed E-state index contributed by atoms with van der Waals surface area (Å²) in [6.45, 7) is 1.25. The normalized spacial score (nSPS) is 10.3. The Balaban J connectivity index is 1.76. The average Bonchev–Trinajstić information content (AvgIpc) is 2.49. The molecule has 0 aliphatic rings. The average molecular weight is 305 g/mol. The van der Waals surface area contributed by atoms with Crippen LogP contribution in [-0.4, -0.2) is 18.2 Å². The van der Waals surface area contributed by atoms with Gasteiger partial charge < -0.3 is 15.2 Å². The lowest BCUT2D eigenvalue weighted by Gasteiger charge is -2.08. The number of benzene rings is 2. The first-order valence-corrected chi connectivity index (χ1v) is 6.91. The van der Waals surface area contributed by atoms with E-state index in [0.717, 1.165) is 11.3 Å². The van der Waals surface area contributed by atoms with Gasteiger partial charge in [-0.15, -0.1) is 0 Å². The van der Waals surface area contributed by atoms with Gasteiger partial charge in [0.15, 0.2) is 0 Å². The third-order valence-electron chi connectivity index (χ3n) is 2.80. The molecule has 0 aromatic heterocycles. The molecule has 0 saturated heterocycles. The van der Waals surface area contributed by atoms with Crippen LogP contribution in [0, 0.1) is 5.82 Å². The molecule has 0 atom stereocenters. The van der Waals surface area contributed by atoms with Gasteiger partial charge in [-0.3, -0.25) is 0 Å². The van der Waals surface area contributed by atoms with E-state index in [1.165, 1.54) is 6.07 Å². The smallest absolute Gasteiger partial charge is 0.133 e. The van der Waals surface area contributed by atoms with Crippen molar-refractivity contribution in [1.82, 2.24) is 0 Å². The second kappa shape index (κ2) is 7.71. The van der Waals surface area contributed by atoms with E-state index in [-0.39, 0.29) is 10.6 Å². The van der Waals surface area contributed by atoms with Crippen LogP contribution in [-0.2, 0) is 11.3 Å². The van der Waals surface area contributed by atoms with Crippen molar-refractivity contribution in [3.63, 3.8) is 0 Å². The molecule has 0 heterocycles. The number of rotatable bonds is 7. The Bertz CT molecular complexity index is 604. The first-order valence-electron chi connectivity index (χ1n) is 6.50. The molecule has 21 heavy (non-hydrogen) atoms. The molecule has 3 nitrogen and oxygen atoms in total. The van der Waals surface area contributed by atoms with Gasteiger partial charge in [-0.05, 0) is 29.8 Å². The van der Waals surface area contributed by atoms with Gasteiger partial charge in [0.05, 0.1) is 13.2 Å². The van der Waals surface area contributed by atoms with Crippen molar-refractivity contribution >= 4 is 17.2 Å². The summed E-state index contributed by atoms with van der Waals surface area (Å²) in [4.78, 5) is 0.0433. The molecule has 2 rings (SSSR count). The fourth-order valence-electron chi connectivity index (χ4n) is 1.78. The van der Waals surface area contributed by atoms with Crippen LogP contribution in [0.2, 0.25) is 0 Å². The van der Waals surface area contributed by atoms with Crippen LogP contribution in [0.4, 0.5) is 4.39 Å². The van der Waals surface area contributed by atoms with Crippen LogP contribution in [0.5, 0.6) is 5.75 Å². The molecule has 110 valence electrons. The summed E-state index contributed by atoms with van der Waals surface area (Å²) in [5, 5.41) is 0. The molecule has 0 aliphatic heterocycles. The SMILES string of the molecule is NC(=S)c1cc(COCCOc2ccccc2)ccc1F. The Labute approximate surface area is 128 Å². The minimum Gasteiger partial charge on any atom is -0.491 e. The van der Waals surface area contributed by atoms with E-state index in [1.54, 1.807) is 12.1 Å². The van der Waals surface area contributed by atoms with Gasteiger partial charge in [0.2, 0.25) is 0 Å². The predicted molar refractivity (Wildman–Crippen MR) is 83.9 cm³/mol. The standard InChI is InChI=1S/C16H16FNO2S/c17-15-7-6-12(10-14(15)16(18)21)11-19-8-9-20-13-4-2-1-3-5-13/h1-7,10H,8-9,11H2,(H2,18,21). The summed E-state index contributed by atoms with van der Waals surface area (Å²) in [5.41, 5.74) is 6.52. The van der Waals surface area contributed by atoms with E-state index >= 15 is 0 Å². The van der Waals surface area contributed by atoms with E-state index in [9.17, 15) is 4.39 Å². The van der Waals surface area contributed by atoms with Crippen LogP contribution in [0.15, 0.2) is 48.5 Å². The zero-order chi connectivity index (χ0) is 15.1. The highest BCUT2D eigenvalue weighted by Crippen LogP contribution is 2.12. The van der Waals surface area contributed by atoms with Crippen molar-refractivity contribution in [1.29, 1.82) is 0 Å². The highest BCUT2D eigenvalue weighted by molar-refractivity contribution is 7.80. The van der Waals surface area contributed by atoms with Crippen LogP contribution in [0.1, 0.15) is 11.1 Å². The van der Waals surface area contributed by atoms with Crippen molar-refractivity contribution in [2.24, 2.45) is 5.73 Å². The first kappa shape index (κ1) is 15.4. The van der Waals surface area contributed by atoms with Gasteiger partial charge >= 0.3 is 0 Å². The Morgan fingerprint density at radius 2 is 1.86 bits per heavy atom. The molecule has 2 aromatic carbocycles. The fourth-order valence-corrected chi connectivity index (χ4v) is 1.93. The Morgan fingerprint density at radius 3 is 2.57 bits per heavy atom. The summed E-state index contributed by atoms with van der Waals surface area (Å²) in [7, 11) is 0. The maximum Gasteiger partial charge on any atom is 0.133 e. The molecule has 0 unspecified atom stereocenters.